The summed E-state index contributed by atoms with van der Waals surface area (Å²) in [6, 6.07) is 26.6. The summed E-state index contributed by atoms with van der Waals surface area (Å²) >= 11 is 0. The summed E-state index contributed by atoms with van der Waals surface area (Å²) in [7, 11) is 0. The van der Waals surface area contributed by atoms with Crippen LogP contribution in [-0.2, 0) is 10.2 Å². The van der Waals surface area contributed by atoms with Crippen molar-refractivity contribution in [1.29, 1.82) is 0 Å². The summed E-state index contributed by atoms with van der Waals surface area (Å²) in [5, 5.41) is 9.44. The summed E-state index contributed by atoms with van der Waals surface area (Å²) in [6.45, 7) is 6.05. The molecule has 1 aliphatic heterocycles. The first-order valence-corrected chi connectivity index (χ1v) is 11.4. The van der Waals surface area contributed by atoms with Gasteiger partial charge in [0, 0.05) is 18.6 Å². The number of benzene rings is 3. The van der Waals surface area contributed by atoms with Crippen LogP contribution in [0.5, 0.6) is 11.5 Å². The molecule has 1 amide bonds. The van der Waals surface area contributed by atoms with Crippen LogP contribution >= 0.6 is 0 Å². The number of primary amides is 1. The second-order valence-corrected chi connectivity index (χ2v) is 9.45. The molecule has 0 aliphatic carbocycles. The molecule has 0 spiro atoms. The van der Waals surface area contributed by atoms with Crippen molar-refractivity contribution in [2.45, 2.75) is 43.7 Å². The molecule has 5 nitrogen and oxygen atoms in total. The fourth-order valence-corrected chi connectivity index (χ4v) is 4.68. The quantitative estimate of drug-likeness (QED) is 0.510. The van der Waals surface area contributed by atoms with Gasteiger partial charge in [-0.15, -0.1) is 0 Å². The highest BCUT2D eigenvalue weighted by molar-refractivity contribution is 5.90. The number of rotatable bonds is 9. The Labute approximate surface area is 195 Å². The van der Waals surface area contributed by atoms with E-state index in [0.717, 1.165) is 36.4 Å². The lowest BCUT2D eigenvalue weighted by atomic mass is 9.69. The predicted octanol–water partition coefficient (Wildman–Crippen LogP) is 4.49. The van der Waals surface area contributed by atoms with E-state index in [4.69, 9.17) is 10.5 Å². The second-order valence-electron chi connectivity index (χ2n) is 9.45. The molecule has 3 aromatic carbocycles. The van der Waals surface area contributed by atoms with Gasteiger partial charge in [0.05, 0.1) is 5.41 Å². The van der Waals surface area contributed by atoms with Gasteiger partial charge in [-0.2, -0.15) is 0 Å². The molecule has 1 saturated heterocycles. The van der Waals surface area contributed by atoms with E-state index in [-0.39, 0.29) is 23.3 Å². The summed E-state index contributed by atoms with van der Waals surface area (Å²) in [6.07, 6.45) is 1.52. The fraction of sp³-hybridized carbons (Fsp3) is 0.321. The number of hydrogen-bond donors (Lipinski definition) is 2. The molecule has 172 valence electrons. The fourth-order valence-electron chi connectivity index (χ4n) is 4.68. The molecule has 0 radical (unpaired) electrons. The van der Waals surface area contributed by atoms with Crippen LogP contribution in [0.2, 0.25) is 0 Å². The van der Waals surface area contributed by atoms with Crippen molar-refractivity contribution in [2.75, 3.05) is 13.1 Å². The summed E-state index contributed by atoms with van der Waals surface area (Å²) in [4.78, 5) is 15.4. The smallest absolute Gasteiger partial charge is 0.232 e. The van der Waals surface area contributed by atoms with Crippen molar-refractivity contribution >= 4 is 5.91 Å². The summed E-state index contributed by atoms with van der Waals surface area (Å²) in [5.74, 6) is 0.664. The molecule has 0 saturated carbocycles. The van der Waals surface area contributed by atoms with Gasteiger partial charge in [-0.25, -0.2) is 0 Å². The zero-order valence-corrected chi connectivity index (χ0v) is 19.3. The van der Waals surface area contributed by atoms with Gasteiger partial charge in [-0.05, 0) is 62.1 Å². The zero-order valence-electron chi connectivity index (χ0n) is 19.3. The standard InChI is InChI=1S/C28H32N2O3/c1-27(2,30-19-25(20-30)33-24-15-13-23(31)14-16-24)17-18-28(26(29)32,21-9-5-3-6-10-21)22-11-7-4-8-12-22/h3-16,25,31H,17-20H2,1-2H3,(H2,29,32). The lowest BCUT2D eigenvalue weighted by molar-refractivity contribution is -0.122. The monoisotopic (exact) mass is 444 g/mol. The molecule has 33 heavy (non-hydrogen) atoms. The number of hydrogen-bond acceptors (Lipinski definition) is 4. The van der Waals surface area contributed by atoms with E-state index in [1.165, 1.54) is 0 Å². The molecule has 5 heteroatoms. The first-order chi connectivity index (χ1) is 15.8. The normalized spacial score (nSPS) is 15.1. The molecule has 3 N–H and O–H groups in total. The molecule has 0 unspecified atom stereocenters. The summed E-state index contributed by atoms with van der Waals surface area (Å²) < 4.78 is 6.03. The molecule has 1 fully saturated rings. The Kier molecular flexibility index (Phi) is 6.43. The van der Waals surface area contributed by atoms with Crippen molar-refractivity contribution in [1.82, 2.24) is 4.90 Å². The van der Waals surface area contributed by atoms with Gasteiger partial charge >= 0.3 is 0 Å². The third kappa shape index (κ3) is 4.74. The number of ether oxygens (including phenoxy) is 1. The maximum absolute atomic E-state index is 13.0. The number of aromatic hydroxyl groups is 1. The average Bonchev–Trinajstić information content (AvgIpc) is 2.79. The van der Waals surface area contributed by atoms with Crippen molar-refractivity contribution < 1.29 is 14.6 Å². The first kappa shape index (κ1) is 22.9. The molecule has 0 bridgehead atoms. The number of likely N-dealkylation sites (tertiary alicyclic amines) is 1. The maximum Gasteiger partial charge on any atom is 0.232 e. The number of carbonyl (C=O) groups excluding carboxylic acids is 1. The van der Waals surface area contributed by atoms with Crippen molar-refractivity contribution in [2.24, 2.45) is 5.73 Å². The minimum absolute atomic E-state index is 0.109. The maximum atomic E-state index is 13.0. The number of amides is 1. The highest BCUT2D eigenvalue weighted by Gasteiger charge is 2.44. The van der Waals surface area contributed by atoms with Gasteiger partial charge in [0.2, 0.25) is 5.91 Å². The molecular formula is C28H32N2O3. The number of nitrogens with two attached hydrogens (primary N) is 1. The first-order valence-electron chi connectivity index (χ1n) is 11.4. The Morgan fingerprint density at radius 1 is 0.909 bits per heavy atom. The van der Waals surface area contributed by atoms with Crippen LogP contribution in [0.1, 0.15) is 37.8 Å². The number of phenolic OH excluding ortho intramolecular Hbond substituents is 1. The highest BCUT2D eigenvalue weighted by atomic mass is 16.5. The van der Waals surface area contributed by atoms with Crippen LogP contribution in [0.3, 0.4) is 0 Å². The SMILES string of the molecule is CC(C)(CCC(C(N)=O)(c1ccccc1)c1ccccc1)N1CC(Oc2ccc(O)cc2)C1. The van der Waals surface area contributed by atoms with E-state index in [0.29, 0.717) is 6.42 Å². The second kappa shape index (κ2) is 9.28. The summed E-state index contributed by atoms with van der Waals surface area (Å²) in [5.41, 5.74) is 6.96. The molecule has 0 atom stereocenters. The van der Waals surface area contributed by atoms with E-state index >= 15 is 0 Å². The number of phenols is 1. The topological polar surface area (TPSA) is 75.8 Å². The number of nitrogens with zero attached hydrogens (tertiary/aromatic N) is 1. The van der Waals surface area contributed by atoms with Crippen LogP contribution < -0.4 is 10.5 Å². The highest BCUT2D eigenvalue weighted by Crippen LogP contribution is 2.40. The van der Waals surface area contributed by atoms with E-state index in [2.05, 4.69) is 18.7 Å². The van der Waals surface area contributed by atoms with Crippen molar-refractivity contribution in [3.05, 3.63) is 96.1 Å². The Morgan fingerprint density at radius 2 is 1.42 bits per heavy atom. The molecule has 4 rings (SSSR count). The van der Waals surface area contributed by atoms with Gasteiger partial charge in [0.15, 0.2) is 0 Å². The molecule has 3 aromatic rings. The molecular weight excluding hydrogens is 412 g/mol. The van der Waals surface area contributed by atoms with Crippen LogP contribution in [-0.4, -0.2) is 40.6 Å². The van der Waals surface area contributed by atoms with Gasteiger partial charge in [-0.1, -0.05) is 60.7 Å². The predicted molar refractivity (Wildman–Crippen MR) is 130 cm³/mol. The minimum atomic E-state index is -0.882. The van der Waals surface area contributed by atoms with Crippen LogP contribution in [0.4, 0.5) is 0 Å². The average molecular weight is 445 g/mol. The third-order valence-corrected chi connectivity index (χ3v) is 6.91. The van der Waals surface area contributed by atoms with E-state index in [9.17, 15) is 9.90 Å². The molecule has 0 aromatic heterocycles. The van der Waals surface area contributed by atoms with E-state index < -0.39 is 5.41 Å². The molecule has 1 aliphatic rings. The van der Waals surface area contributed by atoms with Gasteiger partial charge in [-0.3, -0.25) is 9.69 Å². The lowest BCUT2D eigenvalue weighted by Gasteiger charge is -2.49. The minimum Gasteiger partial charge on any atom is -0.508 e. The zero-order chi connectivity index (χ0) is 23.5. The van der Waals surface area contributed by atoms with E-state index in [1.807, 2.05) is 60.7 Å². The number of carbonyl (C=O) groups is 1. The lowest BCUT2D eigenvalue weighted by Crippen LogP contribution is -2.62. The molecule has 1 heterocycles. The van der Waals surface area contributed by atoms with Crippen LogP contribution in [0.25, 0.3) is 0 Å². The van der Waals surface area contributed by atoms with Gasteiger partial charge in [0.25, 0.3) is 0 Å². The largest absolute Gasteiger partial charge is 0.508 e. The Morgan fingerprint density at radius 3 is 1.91 bits per heavy atom. The van der Waals surface area contributed by atoms with Crippen molar-refractivity contribution in [3.63, 3.8) is 0 Å². The van der Waals surface area contributed by atoms with Crippen LogP contribution in [0.15, 0.2) is 84.9 Å². The van der Waals surface area contributed by atoms with Gasteiger partial charge < -0.3 is 15.6 Å². The van der Waals surface area contributed by atoms with Gasteiger partial charge in [0.1, 0.15) is 17.6 Å². The Balaban J connectivity index is 1.48. The Bertz CT molecular complexity index is 1020. The Hall–Kier alpha value is -3.31. The van der Waals surface area contributed by atoms with E-state index in [1.54, 1.807) is 24.3 Å². The van der Waals surface area contributed by atoms with Crippen molar-refractivity contribution in [3.8, 4) is 11.5 Å². The van der Waals surface area contributed by atoms with Crippen LogP contribution in [0, 0.1) is 0 Å². The third-order valence-electron chi connectivity index (χ3n) is 6.91.